The smallest absolute Gasteiger partial charge is 0.272 e. The van der Waals surface area contributed by atoms with E-state index in [9.17, 15) is 4.79 Å². The minimum Gasteiger partial charge on any atom is -0.337 e. The second-order valence-electron chi connectivity index (χ2n) is 5.20. The number of rotatable bonds is 2. The number of carbonyl (C=O) groups is 1. The van der Waals surface area contributed by atoms with Gasteiger partial charge in [-0.25, -0.2) is 4.98 Å². The van der Waals surface area contributed by atoms with E-state index in [0.29, 0.717) is 11.6 Å². The Hall–Kier alpha value is -2.21. The van der Waals surface area contributed by atoms with Crippen LogP contribution >= 0.6 is 11.3 Å². The zero-order chi connectivity index (χ0) is 14.2. The lowest BCUT2D eigenvalue weighted by Crippen LogP contribution is -2.29. The van der Waals surface area contributed by atoms with Crippen LogP contribution in [0.3, 0.4) is 0 Å². The predicted molar refractivity (Wildman–Crippen MR) is 80.6 cm³/mol. The third kappa shape index (κ3) is 2.12. The van der Waals surface area contributed by atoms with Crippen molar-refractivity contribution in [2.24, 2.45) is 0 Å². The standard InChI is InChI=1S/C15H14N4OS/c20-14(12-3-1-2-5-16-12)18-6-4-11(9-18)13-15-19(10-17-13)7-8-21-15/h1-3,5,7-8,10-11H,4,6,9H2. The van der Waals surface area contributed by atoms with Gasteiger partial charge >= 0.3 is 0 Å². The number of hydrogen-bond acceptors (Lipinski definition) is 4. The van der Waals surface area contributed by atoms with Gasteiger partial charge in [-0.3, -0.25) is 14.2 Å². The number of amides is 1. The van der Waals surface area contributed by atoms with Gasteiger partial charge in [0.25, 0.3) is 5.91 Å². The van der Waals surface area contributed by atoms with Gasteiger partial charge in [-0.2, -0.15) is 0 Å². The van der Waals surface area contributed by atoms with Crippen molar-refractivity contribution < 1.29 is 4.79 Å². The van der Waals surface area contributed by atoms with Gasteiger partial charge in [-0.05, 0) is 18.6 Å². The van der Waals surface area contributed by atoms with Crippen molar-refractivity contribution in [2.75, 3.05) is 13.1 Å². The first-order valence-corrected chi connectivity index (χ1v) is 7.81. The molecule has 1 atom stereocenters. The fourth-order valence-corrected chi connectivity index (χ4v) is 3.74. The molecule has 1 aliphatic heterocycles. The molecule has 1 amide bonds. The molecule has 1 unspecified atom stereocenters. The molecule has 106 valence electrons. The van der Waals surface area contributed by atoms with Crippen LogP contribution in [-0.2, 0) is 0 Å². The molecule has 0 radical (unpaired) electrons. The number of likely N-dealkylation sites (tertiary alicyclic amines) is 1. The number of imidazole rings is 1. The molecule has 0 aliphatic carbocycles. The van der Waals surface area contributed by atoms with Crippen LogP contribution in [0.15, 0.2) is 42.3 Å². The Labute approximate surface area is 125 Å². The fourth-order valence-electron chi connectivity index (χ4n) is 2.85. The van der Waals surface area contributed by atoms with Crippen molar-refractivity contribution in [1.82, 2.24) is 19.3 Å². The SMILES string of the molecule is O=C(c1ccccn1)N1CCC(c2ncn3ccsc23)C1. The van der Waals surface area contributed by atoms with Crippen molar-refractivity contribution in [3.63, 3.8) is 0 Å². The molecule has 6 heteroatoms. The number of carbonyl (C=O) groups excluding carboxylic acids is 1. The van der Waals surface area contributed by atoms with Gasteiger partial charge in [0.15, 0.2) is 0 Å². The molecule has 4 heterocycles. The highest BCUT2D eigenvalue weighted by Gasteiger charge is 2.30. The van der Waals surface area contributed by atoms with Gasteiger partial charge in [-0.15, -0.1) is 11.3 Å². The number of nitrogens with zero attached hydrogens (tertiary/aromatic N) is 4. The van der Waals surface area contributed by atoms with Crippen LogP contribution in [0.1, 0.15) is 28.5 Å². The monoisotopic (exact) mass is 298 g/mol. The van der Waals surface area contributed by atoms with E-state index in [-0.39, 0.29) is 5.91 Å². The van der Waals surface area contributed by atoms with Crippen molar-refractivity contribution in [3.8, 4) is 0 Å². The molecule has 3 aromatic heterocycles. The van der Waals surface area contributed by atoms with Gasteiger partial charge in [-0.1, -0.05) is 6.07 Å². The average molecular weight is 298 g/mol. The molecule has 0 aromatic carbocycles. The Morgan fingerprint density at radius 1 is 1.33 bits per heavy atom. The molecule has 5 nitrogen and oxygen atoms in total. The summed E-state index contributed by atoms with van der Waals surface area (Å²) in [6, 6.07) is 5.43. The maximum atomic E-state index is 12.4. The molecule has 0 saturated carbocycles. The van der Waals surface area contributed by atoms with Crippen molar-refractivity contribution >= 4 is 22.1 Å². The molecule has 1 saturated heterocycles. The lowest BCUT2D eigenvalue weighted by atomic mass is 10.1. The summed E-state index contributed by atoms with van der Waals surface area (Å²) in [6.07, 6.45) is 6.49. The van der Waals surface area contributed by atoms with E-state index in [2.05, 4.69) is 15.3 Å². The van der Waals surface area contributed by atoms with E-state index in [1.165, 1.54) is 4.83 Å². The number of fused-ring (bicyclic) bond motifs is 1. The molecular weight excluding hydrogens is 284 g/mol. The predicted octanol–water partition coefficient (Wildman–Crippen LogP) is 2.42. The first-order chi connectivity index (χ1) is 10.3. The molecule has 0 spiro atoms. The highest BCUT2D eigenvalue weighted by Crippen LogP contribution is 2.31. The third-order valence-corrected chi connectivity index (χ3v) is 4.82. The van der Waals surface area contributed by atoms with E-state index in [0.717, 1.165) is 25.2 Å². The summed E-state index contributed by atoms with van der Waals surface area (Å²) < 4.78 is 2.04. The van der Waals surface area contributed by atoms with Gasteiger partial charge < -0.3 is 4.90 Å². The van der Waals surface area contributed by atoms with Gasteiger partial charge in [0, 0.05) is 36.8 Å². The lowest BCUT2D eigenvalue weighted by molar-refractivity contribution is 0.0785. The van der Waals surface area contributed by atoms with Crippen molar-refractivity contribution in [3.05, 3.63) is 53.7 Å². The van der Waals surface area contributed by atoms with Crippen LogP contribution in [0.4, 0.5) is 0 Å². The number of pyridine rings is 1. The normalized spacial score (nSPS) is 18.5. The Morgan fingerprint density at radius 3 is 3.14 bits per heavy atom. The highest BCUT2D eigenvalue weighted by molar-refractivity contribution is 7.15. The second-order valence-corrected chi connectivity index (χ2v) is 6.09. The fraction of sp³-hybridized carbons (Fsp3) is 0.267. The Morgan fingerprint density at radius 2 is 2.29 bits per heavy atom. The Balaban J connectivity index is 1.55. The van der Waals surface area contributed by atoms with Crippen molar-refractivity contribution in [1.29, 1.82) is 0 Å². The molecular formula is C15H14N4OS. The maximum absolute atomic E-state index is 12.4. The lowest BCUT2D eigenvalue weighted by Gasteiger charge is -2.15. The molecule has 21 heavy (non-hydrogen) atoms. The number of hydrogen-bond donors (Lipinski definition) is 0. The quantitative estimate of drug-likeness (QED) is 0.730. The molecule has 3 aromatic rings. The first-order valence-electron chi connectivity index (χ1n) is 6.93. The van der Waals surface area contributed by atoms with Crippen LogP contribution in [0.25, 0.3) is 4.83 Å². The Kier molecular flexibility index (Phi) is 2.96. The van der Waals surface area contributed by atoms with Gasteiger partial charge in [0.05, 0.1) is 5.69 Å². The average Bonchev–Trinajstić information content (AvgIpc) is 3.23. The highest BCUT2D eigenvalue weighted by atomic mass is 32.1. The molecule has 1 fully saturated rings. The van der Waals surface area contributed by atoms with E-state index in [1.807, 2.05) is 34.0 Å². The summed E-state index contributed by atoms with van der Waals surface area (Å²) in [5, 5.41) is 2.06. The van der Waals surface area contributed by atoms with Crippen LogP contribution in [0.5, 0.6) is 0 Å². The number of thiazole rings is 1. The minimum absolute atomic E-state index is 0.0136. The van der Waals surface area contributed by atoms with Crippen LogP contribution in [0, 0.1) is 0 Å². The van der Waals surface area contributed by atoms with Gasteiger partial charge in [0.2, 0.25) is 0 Å². The zero-order valence-corrected chi connectivity index (χ0v) is 12.2. The van der Waals surface area contributed by atoms with Crippen LogP contribution in [0.2, 0.25) is 0 Å². The van der Waals surface area contributed by atoms with E-state index in [1.54, 1.807) is 23.6 Å². The van der Waals surface area contributed by atoms with Crippen molar-refractivity contribution in [2.45, 2.75) is 12.3 Å². The van der Waals surface area contributed by atoms with Crippen LogP contribution in [-0.4, -0.2) is 38.3 Å². The number of aromatic nitrogens is 3. The summed E-state index contributed by atoms with van der Waals surface area (Å²) >= 11 is 1.70. The maximum Gasteiger partial charge on any atom is 0.272 e. The van der Waals surface area contributed by atoms with Gasteiger partial charge in [0.1, 0.15) is 16.9 Å². The topological polar surface area (TPSA) is 50.5 Å². The second kappa shape index (κ2) is 4.96. The van der Waals surface area contributed by atoms with E-state index >= 15 is 0 Å². The zero-order valence-electron chi connectivity index (χ0n) is 11.3. The molecule has 1 aliphatic rings. The van der Waals surface area contributed by atoms with E-state index < -0.39 is 0 Å². The summed E-state index contributed by atoms with van der Waals surface area (Å²) in [5.41, 5.74) is 1.63. The van der Waals surface area contributed by atoms with Crippen LogP contribution < -0.4 is 0 Å². The molecule has 0 bridgehead atoms. The summed E-state index contributed by atoms with van der Waals surface area (Å²) in [7, 11) is 0. The molecule has 4 rings (SSSR count). The largest absolute Gasteiger partial charge is 0.337 e. The first kappa shape index (κ1) is 12.5. The minimum atomic E-state index is 0.0136. The summed E-state index contributed by atoms with van der Waals surface area (Å²) in [6.45, 7) is 1.49. The van der Waals surface area contributed by atoms with E-state index in [4.69, 9.17) is 0 Å². The summed E-state index contributed by atoms with van der Waals surface area (Å²) in [4.78, 5) is 24.2. The molecule has 0 N–H and O–H groups in total. The third-order valence-electron chi connectivity index (χ3n) is 3.92. The Bertz CT molecular complexity index is 779. The summed E-state index contributed by atoms with van der Waals surface area (Å²) in [5.74, 6) is 0.334.